The van der Waals surface area contributed by atoms with Gasteiger partial charge in [-0.05, 0) is 31.2 Å². The molecular weight excluding hydrogens is 210 g/mol. The molecule has 2 rings (SSSR count). The van der Waals surface area contributed by atoms with Crippen LogP contribution in [-0.2, 0) is 0 Å². The van der Waals surface area contributed by atoms with Crippen molar-refractivity contribution in [1.29, 1.82) is 0 Å². The quantitative estimate of drug-likeness (QED) is 0.866. The van der Waals surface area contributed by atoms with Crippen molar-refractivity contribution in [3.8, 4) is 0 Å². The summed E-state index contributed by atoms with van der Waals surface area (Å²) in [7, 11) is 0. The monoisotopic (exact) mass is 226 g/mol. The minimum absolute atomic E-state index is 0.480. The van der Waals surface area contributed by atoms with Gasteiger partial charge in [0.05, 0.1) is 6.10 Å². The van der Waals surface area contributed by atoms with Gasteiger partial charge in [0.15, 0.2) is 0 Å². The molecule has 1 N–H and O–H groups in total. The van der Waals surface area contributed by atoms with Crippen LogP contribution in [0.5, 0.6) is 0 Å². The fourth-order valence-electron chi connectivity index (χ4n) is 1.79. The van der Waals surface area contributed by atoms with Crippen molar-refractivity contribution in [2.45, 2.75) is 6.10 Å². The fourth-order valence-corrected chi connectivity index (χ4v) is 1.79. The minimum Gasteiger partial charge on any atom is -0.391 e. The van der Waals surface area contributed by atoms with Crippen LogP contribution in [0.3, 0.4) is 0 Å². The molecule has 2 nitrogen and oxygen atoms in total. The molecule has 0 heterocycles. The fraction of sp³-hybridized carbons (Fsp3) is 0.133. The van der Waals surface area contributed by atoms with Crippen LogP contribution in [0.1, 0.15) is 0 Å². The Morgan fingerprint density at radius 1 is 0.882 bits per heavy atom. The Kier molecular flexibility index (Phi) is 3.78. The smallest absolute Gasteiger partial charge is 0.0720 e. The number of hydrogen-bond donors (Lipinski definition) is 1. The summed E-state index contributed by atoms with van der Waals surface area (Å²) in [5.41, 5.74) is 2.11. The standard InChI is InChI=1S/C15H16NO/c1-13(17)12-16(14-8-4-2-5-9-14)15-10-6-3-7-11-15/h2-11,13,17H,1,12H2. The first-order valence-electron chi connectivity index (χ1n) is 5.66. The molecule has 2 heteroatoms. The molecule has 2 aromatic carbocycles. The summed E-state index contributed by atoms with van der Waals surface area (Å²) < 4.78 is 0. The zero-order valence-corrected chi connectivity index (χ0v) is 9.66. The van der Waals surface area contributed by atoms with Crippen molar-refractivity contribution in [3.63, 3.8) is 0 Å². The van der Waals surface area contributed by atoms with Gasteiger partial charge in [0.2, 0.25) is 0 Å². The van der Waals surface area contributed by atoms with Gasteiger partial charge in [-0.25, -0.2) is 0 Å². The predicted octanol–water partition coefficient (Wildman–Crippen LogP) is 3.02. The lowest BCUT2D eigenvalue weighted by Crippen LogP contribution is -2.26. The van der Waals surface area contributed by atoms with Crippen molar-refractivity contribution in [1.82, 2.24) is 0 Å². The van der Waals surface area contributed by atoms with Crippen LogP contribution in [0.2, 0.25) is 0 Å². The number of para-hydroxylation sites is 2. The summed E-state index contributed by atoms with van der Waals surface area (Å²) in [6, 6.07) is 20.0. The van der Waals surface area contributed by atoms with Crippen molar-refractivity contribution in [2.24, 2.45) is 0 Å². The highest BCUT2D eigenvalue weighted by molar-refractivity contribution is 5.63. The second kappa shape index (κ2) is 5.51. The SMILES string of the molecule is [CH2]C(O)CN(c1ccccc1)c1ccccc1. The summed E-state index contributed by atoms with van der Waals surface area (Å²) in [6.07, 6.45) is -0.615. The van der Waals surface area contributed by atoms with Gasteiger partial charge >= 0.3 is 0 Å². The van der Waals surface area contributed by atoms with E-state index in [1.54, 1.807) is 0 Å². The number of anilines is 2. The first-order valence-corrected chi connectivity index (χ1v) is 5.66. The summed E-state index contributed by atoms with van der Waals surface area (Å²) >= 11 is 0. The van der Waals surface area contributed by atoms with Crippen LogP contribution in [0.15, 0.2) is 60.7 Å². The molecule has 17 heavy (non-hydrogen) atoms. The summed E-state index contributed by atoms with van der Waals surface area (Å²) in [6.45, 7) is 4.12. The zero-order valence-electron chi connectivity index (χ0n) is 9.66. The number of hydrogen-bond acceptors (Lipinski definition) is 2. The molecule has 0 amide bonds. The highest BCUT2D eigenvalue weighted by Crippen LogP contribution is 2.24. The molecule has 0 saturated heterocycles. The van der Waals surface area contributed by atoms with Crippen LogP contribution in [0.25, 0.3) is 0 Å². The third kappa shape index (κ3) is 3.08. The Morgan fingerprint density at radius 2 is 1.29 bits per heavy atom. The second-order valence-electron chi connectivity index (χ2n) is 3.94. The lowest BCUT2D eigenvalue weighted by atomic mass is 10.2. The van der Waals surface area contributed by atoms with Gasteiger partial charge in [0, 0.05) is 17.9 Å². The van der Waals surface area contributed by atoms with Gasteiger partial charge < -0.3 is 10.0 Å². The first-order chi connectivity index (χ1) is 8.27. The number of nitrogens with zero attached hydrogens (tertiary/aromatic N) is 1. The van der Waals surface area contributed by atoms with Gasteiger partial charge in [-0.3, -0.25) is 0 Å². The molecule has 0 aliphatic heterocycles. The number of aliphatic hydroxyl groups excluding tert-OH is 1. The van der Waals surface area contributed by atoms with Crippen molar-refractivity contribution >= 4 is 11.4 Å². The lowest BCUT2D eigenvalue weighted by molar-refractivity contribution is 0.228. The minimum atomic E-state index is -0.615. The molecule has 1 atom stereocenters. The largest absolute Gasteiger partial charge is 0.391 e. The highest BCUT2D eigenvalue weighted by atomic mass is 16.3. The molecule has 0 aromatic heterocycles. The van der Waals surface area contributed by atoms with E-state index < -0.39 is 6.10 Å². The van der Waals surface area contributed by atoms with Crippen molar-refractivity contribution in [2.75, 3.05) is 11.4 Å². The van der Waals surface area contributed by atoms with Crippen LogP contribution >= 0.6 is 0 Å². The summed E-state index contributed by atoms with van der Waals surface area (Å²) in [5.74, 6) is 0. The van der Waals surface area contributed by atoms with Crippen LogP contribution in [0.4, 0.5) is 11.4 Å². The van der Waals surface area contributed by atoms with Crippen LogP contribution in [-0.4, -0.2) is 17.8 Å². The van der Waals surface area contributed by atoms with E-state index in [2.05, 4.69) is 11.8 Å². The molecule has 0 bridgehead atoms. The summed E-state index contributed by atoms with van der Waals surface area (Å²) in [4.78, 5) is 2.05. The lowest BCUT2D eigenvalue weighted by Gasteiger charge is -2.26. The van der Waals surface area contributed by atoms with Crippen LogP contribution in [0, 0.1) is 6.92 Å². The average Bonchev–Trinajstić information content (AvgIpc) is 2.38. The van der Waals surface area contributed by atoms with Gasteiger partial charge in [0.1, 0.15) is 0 Å². The molecule has 0 aliphatic carbocycles. The molecule has 0 aliphatic rings. The third-order valence-corrected chi connectivity index (χ3v) is 2.53. The number of benzene rings is 2. The zero-order chi connectivity index (χ0) is 12.1. The highest BCUT2D eigenvalue weighted by Gasteiger charge is 2.10. The number of rotatable bonds is 4. The summed E-state index contributed by atoms with van der Waals surface area (Å²) in [5, 5.41) is 9.49. The first kappa shape index (κ1) is 11.7. The van der Waals surface area contributed by atoms with E-state index in [-0.39, 0.29) is 0 Å². The Labute approximate surface area is 102 Å². The molecule has 0 saturated carbocycles. The van der Waals surface area contributed by atoms with E-state index in [1.807, 2.05) is 60.7 Å². The molecular formula is C15H16NO. The molecule has 0 spiro atoms. The maximum Gasteiger partial charge on any atom is 0.0720 e. The molecule has 1 unspecified atom stereocenters. The van der Waals surface area contributed by atoms with Gasteiger partial charge in [-0.15, -0.1) is 0 Å². The Balaban J connectivity index is 2.32. The second-order valence-corrected chi connectivity index (χ2v) is 3.94. The van der Waals surface area contributed by atoms with E-state index in [0.717, 1.165) is 11.4 Å². The molecule has 87 valence electrons. The Bertz CT molecular complexity index is 399. The molecule has 2 aromatic rings. The van der Waals surface area contributed by atoms with Crippen LogP contribution < -0.4 is 4.90 Å². The maximum absolute atomic E-state index is 9.49. The topological polar surface area (TPSA) is 23.5 Å². The van der Waals surface area contributed by atoms with E-state index >= 15 is 0 Å². The van der Waals surface area contributed by atoms with Crippen molar-refractivity contribution in [3.05, 3.63) is 67.6 Å². The van der Waals surface area contributed by atoms with E-state index in [0.29, 0.717) is 6.54 Å². The van der Waals surface area contributed by atoms with Crippen molar-refractivity contribution < 1.29 is 5.11 Å². The number of aliphatic hydroxyl groups is 1. The average molecular weight is 226 g/mol. The normalized spacial score (nSPS) is 12.1. The Hall–Kier alpha value is -1.80. The maximum atomic E-state index is 9.49. The van der Waals surface area contributed by atoms with E-state index in [1.165, 1.54) is 0 Å². The predicted molar refractivity (Wildman–Crippen MR) is 71.3 cm³/mol. The van der Waals surface area contributed by atoms with E-state index in [4.69, 9.17) is 0 Å². The third-order valence-electron chi connectivity index (χ3n) is 2.53. The van der Waals surface area contributed by atoms with Gasteiger partial charge in [-0.2, -0.15) is 0 Å². The molecule has 0 fully saturated rings. The Morgan fingerprint density at radius 3 is 1.65 bits per heavy atom. The van der Waals surface area contributed by atoms with Gasteiger partial charge in [-0.1, -0.05) is 36.4 Å². The molecule has 1 radical (unpaired) electrons. The van der Waals surface area contributed by atoms with E-state index in [9.17, 15) is 5.11 Å². The van der Waals surface area contributed by atoms with Gasteiger partial charge in [0.25, 0.3) is 0 Å².